The van der Waals surface area contributed by atoms with Crippen molar-refractivity contribution in [2.24, 2.45) is 5.92 Å². The Bertz CT molecular complexity index is 662. The number of guanidine groups is 1. The number of hydrogen-bond acceptors (Lipinski definition) is 4. The van der Waals surface area contributed by atoms with Gasteiger partial charge in [-0.1, -0.05) is 26.0 Å². The summed E-state index contributed by atoms with van der Waals surface area (Å²) >= 11 is 0. The Morgan fingerprint density at radius 3 is 2.85 bits per heavy atom. The van der Waals surface area contributed by atoms with E-state index < -0.39 is 0 Å². The summed E-state index contributed by atoms with van der Waals surface area (Å²) in [5.41, 5.74) is -0.466. The average Bonchev–Trinajstić information content (AvgIpc) is 2.96. The fourth-order valence-corrected chi connectivity index (χ4v) is 6.35. The minimum atomic E-state index is -0.245. The zero-order valence-electron chi connectivity index (χ0n) is 17.2. The van der Waals surface area contributed by atoms with E-state index in [-0.39, 0.29) is 17.6 Å². The van der Waals surface area contributed by atoms with Crippen LogP contribution in [0.5, 0.6) is 0 Å². The largest absolute Gasteiger partial charge is 0.350 e. The van der Waals surface area contributed by atoms with Gasteiger partial charge in [-0.2, -0.15) is 0 Å². The number of allylic oxidation sites excluding steroid dienone is 1. The molecule has 0 amide bonds. The molecule has 5 heteroatoms. The summed E-state index contributed by atoms with van der Waals surface area (Å²) in [6.45, 7) is 6.85. The van der Waals surface area contributed by atoms with Crippen LogP contribution in [-0.2, 0) is 9.47 Å². The highest BCUT2D eigenvalue weighted by Gasteiger charge is 2.60. The molecule has 7 atom stereocenters. The van der Waals surface area contributed by atoms with E-state index in [1.165, 1.54) is 31.6 Å². The Kier molecular flexibility index (Phi) is 4.32. The van der Waals surface area contributed by atoms with Gasteiger partial charge >= 0.3 is 5.96 Å². The highest BCUT2D eigenvalue weighted by Crippen LogP contribution is 2.44. The van der Waals surface area contributed by atoms with Crippen LogP contribution in [0, 0.1) is 5.92 Å². The molecule has 2 spiro atoms. The molecule has 5 nitrogen and oxygen atoms in total. The van der Waals surface area contributed by atoms with Gasteiger partial charge in [0.05, 0.1) is 30.2 Å². The molecule has 0 aromatic heterocycles. The van der Waals surface area contributed by atoms with Crippen molar-refractivity contribution in [2.75, 3.05) is 0 Å². The van der Waals surface area contributed by atoms with Gasteiger partial charge in [-0.25, -0.2) is 10.6 Å². The number of ether oxygens (including phenoxy) is 2. The third kappa shape index (κ3) is 2.84. The monoisotopic (exact) mass is 374 g/mol. The van der Waals surface area contributed by atoms with Crippen LogP contribution in [0.25, 0.3) is 0 Å². The van der Waals surface area contributed by atoms with Gasteiger partial charge in [-0.3, -0.25) is 4.58 Å². The second-order valence-corrected chi connectivity index (χ2v) is 9.53. The molecule has 150 valence electrons. The topological polar surface area (TPSA) is 45.5 Å². The van der Waals surface area contributed by atoms with Crippen LogP contribution < -0.4 is 10.6 Å². The number of nitrogens with zero attached hydrogens (tertiary/aromatic N) is 1. The summed E-state index contributed by atoms with van der Waals surface area (Å²) in [5.74, 6) is 1.68. The van der Waals surface area contributed by atoms with Crippen molar-refractivity contribution in [1.29, 1.82) is 0 Å². The standard InChI is InChI=1S/C22H35N3O2/c1-4-18-9-5-6-12-21(27-18)14-17-10-11-19-16(3)22(13-7-8-15(2)26-22)24-20(23-21)25(17)19/h5,9,15-19H,4,6-8,10-14H2,1-3H3,(H,23,24)/p+1/t15-,16-,17+,18+,19-,21+,22-/m1/s1. The van der Waals surface area contributed by atoms with Crippen LogP contribution in [0.4, 0.5) is 0 Å². The predicted octanol–water partition coefficient (Wildman–Crippen LogP) is 3.25. The third-order valence-corrected chi connectivity index (χ3v) is 7.77. The van der Waals surface area contributed by atoms with Gasteiger partial charge in [0.25, 0.3) is 0 Å². The molecule has 2 N–H and O–H groups in total. The molecule has 0 aliphatic carbocycles. The maximum atomic E-state index is 6.69. The second kappa shape index (κ2) is 6.48. The van der Waals surface area contributed by atoms with Crippen molar-refractivity contribution in [1.82, 2.24) is 10.6 Å². The van der Waals surface area contributed by atoms with Gasteiger partial charge in [-0.15, -0.1) is 0 Å². The summed E-state index contributed by atoms with van der Waals surface area (Å²) in [4.78, 5) is 0. The first-order valence-corrected chi connectivity index (χ1v) is 11.3. The van der Waals surface area contributed by atoms with E-state index in [0.717, 1.165) is 32.1 Å². The lowest BCUT2D eigenvalue weighted by atomic mass is 9.82. The zero-order chi connectivity index (χ0) is 18.6. The molecule has 5 heterocycles. The SMILES string of the molecule is CC[C@H]1C=CCC[C@@]2(C[C@@H]3CC[C@@H]4[C@@H](C)[C@]5(CCC[C@@H](C)O5)NC(=[N+]34)N2)O1. The Morgan fingerprint density at radius 1 is 1.15 bits per heavy atom. The molecule has 5 aliphatic rings. The molecule has 0 aromatic carbocycles. The summed E-state index contributed by atoms with van der Waals surface area (Å²) in [5, 5.41) is 7.76. The van der Waals surface area contributed by atoms with Crippen molar-refractivity contribution < 1.29 is 14.0 Å². The summed E-state index contributed by atoms with van der Waals surface area (Å²) in [6, 6.07) is 1.16. The molecule has 2 saturated heterocycles. The molecule has 27 heavy (non-hydrogen) atoms. The van der Waals surface area contributed by atoms with Gasteiger partial charge in [0.1, 0.15) is 0 Å². The molecule has 0 radical (unpaired) electrons. The van der Waals surface area contributed by atoms with E-state index in [1.54, 1.807) is 0 Å². The molecule has 5 rings (SSSR count). The molecular formula is C22H36N3O2+. The maximum Gasteiger partial charge on any atom is 0.350 e. The highest BCUT2D eigenvalue weighted by molar-refractivity contribution is 5.77. The van der Waals surface area contributed by atoms with Crippen LogP contribution in [0.1, 0.15) is 78.6 Å². The molecule has 0 aromatic rings. The normalized spacial score (nSPS) is 48.9. The van der Waals surface area contributed by atoms with E-state index in [0.29, 0.717) is 24.1 Å². The lowest BCUT2D eigenvalue weighted by Crippen LogP contribution is -2.74. The Labute approximate surface area is 163 Å². The lowest BCUT2D eigenvalue weighted by molar-refractivity contribution is -0.611. The van der Waals surface area contributed by atoms with Crippen LogP contribution >= 0.6 is 0 Å². The van der Waals surface area contributed by atoms with E-state index in [9.17, 15) is 0 Å². The molecule has 5 aliphatic heterocycles. The average molecular weight is 375 g/mol. The first-order chi connectivity index (χ1) is 13.0. The van der Waals surface area contributed by atoms with Crippen LogP contribution in [0.2, 0.25) is 0 Å². The van der Waals surface area contributed by atoms with E-state index in [2.05, 4.69) is 48.1 Å². The van der Waals surface area contributed by atoms with Crippen LogP contribution in [-0.4, -0.2) is 46.3 Å². The maximum absolute atomic E-state index is 6.69. The van der Waals surface area contributed by atoms with E-state index >= 15 is 0 Å². The Hall–Kier alpha value is -1.07. The quantitative estimate of drug-likeness (QED) is 0.546. The summed E-state index contributed by atoms with van der Waals surface area (Å²) < 4.78 is 15.9. The number of rotatable bonds is 1. The fourth-order valence-electron chi connectivity index (χ4n) is 6.35. The third-order valence-electron chi connectivity index (χ3n) is 7.77. The molecule has 0 bridgehead atoms. The summed E-state index contributed by atoms with van der Waals surface area (Å²) in [7, 11) is 0. The lowest BCUT2D eigenvalue weighted by Gasteiger charge is -2.50. The molecule has 2 fully saturated rings. The van der Waals surface area contributed by atoms with Gasteiger partial charge < -0.3 is 9.47 Å². The van der Waals surface area contributed by atoms with Gasteiger partial charge in [0.2, 0.25) is 0 Å². The number of hydrogen-bond donors (Lipinski definition) is 2. The summed E-state index contributed by atoms with van der Waals surface area (Å²) in [6.07, 6.45) is 15.4. The minimum Gasteiger partial charge on any atom is -0.340 e. The van der Waals surface area contributed by atoms with E-state index in [1.807, 2.05) is 0 Å². The molecule has 0 unspecified atom stereocenters. The van der Waals surface area contributed by atoms with Crippen LogP contribution in [0.3, 0.4) is 0 Å². The number of nitrogens with one attached hydrogen (secondary N) is 2. The van der Waals surface area contributed by atoms with Gasteiger partial charge in [-0.05, 0) is 45.4 Å². The highest BCUT2D eigenvalue weighted by atomic mass is 16.5. The van der Waals surface area contributed by atoms with Crippen molar-refractivity contribution in [3.63, 3.8) is 0 Å². The molecular weight excluding hydrogens is 338 g/mol. The zero-order valence-corrected chi connectivity index (χ0v) is 17.2. The van der Waals surface area contributed by atoms with Crippen LogP contribution in [0.15, 0.2) is 12.2 Å². The Balaban J connectivity index is 1.48. The van der Waals surface area contributed by atoms with Crippen molar-refractivity contribution >= 4 is 5.96 Å². The second-order valence-electron chi connectivity index (χ2n) is 9.53. The molecule has 0 saturated carbocycles. The first kappa shape index (κ1) is 18.0. The van der Waals surface area contributed by atoms with Gasteiger partial charge in [0, 0.05) is 19.3 Å². The fraction of sp³-hybridized carbons (Fsp3) is 0.864. The van der Waals surface area contributed by atoms with Crippen molar-refractivity contribution in [3.8, 4) is 0 Å². The Morgan fingerprint density at radius 2 is 2.04 bits per heavy atom. The first-order valence-electron chi connectivity index (χ1n) is 11.3. The van der Waals surface area contributed by atoms with Gasteiger partial charge in [0.15, 0.2) is 11.4 Å². The minimum absolute atomic E-state index is 0.215. The van der Waals surface area contributed by atoms with E-state index in [4.69, 9.17) is 9.47 Å². The van der Waals surface area contributed by atoms with Crippen molar-refractivity contribution in [3.05, 3.63) is 12.2 Å². The predicted molar refractivity (Wildman–Crippen MR) is 106 cm³/mol. The van der Waals surface area contributed by atoms with Crippen molar-refractivity contribution in [2.45, 2.75) is 114 Å². The smallest absolute Gasteiger partial charge is 0.340 e.